The lowest BCUT2D eigenvalue weighted by molar-refractivity contribution is 0.130. The Balaban J connectivity index is 2.71. The van der Waals surface area contributed by atoms with E-state index >= 15 is 0 Å². The van der Waals surface area contributed by atoms with Gasteiger partial charge < -0.3 is 4.74 Å². The minimum absolute atomic E-state index is 0.471. The first-order valence-electron chi connectivity index (χ1n) is 5.00. The molecule has 80 valence electrons. The van der Waals surface area contributed by atoms with Gasteiger partial charge in [0.2, 0.25) is 0 Å². The second-order valence-corrected chi connectivity index (χ2v) is 4.46. The summed E-state index contributed by atoms with van der Waals surface area (Å²) in [6, 6.07) is 0.471. The molecule has 0 radical (unpaired) electrons. The number of hydrogen-bond acceptors (Lipinski definition) is 2. The van der Waals surface area contributed by atoms with Gasteiger partial charge in [0.15, 0.2) is 0 Å². The van der Waals surface area contributed by atoms with E-state index in [2.05, 4.69) is 47.7 Å². The van der Waals surface area contributed by atoms with E-state index in [0.717, 1.165) is 18.7 Å². The molecule has 1 aromatic rings. The summed E-state index contributed by atoms with van der Waals surface area (Å²) in [7, 11) is 0. The van der Waals surface area contributed by atoms with Crippen molar-refractivity contribution in [2.75, 3.05) is 6.61 Å². The third-order valence-corrected chi connectivity index (χ3v) is 3.14. The Morgan fingerprint density at radius 1 is 1.57 bits per heavy atom. The van der Waals surface area contributed by atoms with Gasteiger partial charge in [-0.15, -0.1) is 0 Å². The highest BCUT2D eigenvalue weighted by Crippen LogP contribution is 2.16. The zero-order valence-corrected chi connectivity index (χ0v) is 11.1. The van der Waals surface area contributed by atoms with Gasteiger partial charge in [-0.3, -0.25) is 4.68 Å². The maximum Gasteiger partial charge on any atom is 0.101 e. The zero-order chi connectivity index (χ0) is 10.6. The van der Waals surface area contributed by atoms with E-state index in [-0.39, 0.29) is 0 Å². The van der Waals surface area contributed by atoms with Crippen LogP contribution in [-0.2, 0) is 11.3 Å². The Morgan fingerprint density at radius 2 is 2.29 bits per heavy atom. The van der Waals surface area contributed by atoms with Crippen LogP contribution in [0.1, 0.15) is 38.9 Å². The average Bonchev–Trinajstić information content (AvgIpc) is 2.56. The molecule has 0 aliphatic heterocycles. The van der Waals surface area contributed by atoms with Crippen molar-refractivity contribution in [3.05, 3.63) is 15.5 Å². The van der Waals surface area contributed by atoms with Crippen LogP contribution in [0.15, 0.2) is 6.20 Å². The molecule has 0 saturated heterocycles. The lowest BCUT2D eigenvalue weighted by atomic mass is 10.3. The molecule has 1 rings (SSSR count). The van der Waals surface area contributed by atoms with E-state index < -0.39 is 0 Å². The number of rotatable bonds is 5. The first-order chi connectivity index (χ1) is 6.69. The van der Waals surface area contributed by atoms with Gasteiger partial charge in [-0.25, -0.2) is 0 Å². The van der Waals surface area contributed by atoms with E-state index in [1.807, 2.05) is 11.6 Å². The van der Waals surface area contributed by atoms with Crippen LogP contribution in [0.5, 0.6) is 0 Å². The Kier molecular flexibility index (Phi) is 4.88. The van der Waals surface area contributed by atoms with E-state index in [1.54, 1.807) is 0 Å². The van der Waals surface area contributed by atoms with Crippen LogP contribution < -0.4 is 0 Å². The first-order valence-corrected chi connectivity index (χ1v) is 6.08. The summed E-state index contributed by atoms with van der Waals surface area (Å²) in [6.07, 6.45) is 3.19. The van der Waals surface area contributed by atoms with Crippen molar-refractivity contribution in [2.45, 2.75) is 39.8 Å². The summed E-state index contributed by atoms with van der Waals surface area (Å²) in [5, 5.41) is 4.50. The van der Waals surface area contributed by atoms with Gasteiger partial charge in [-0.2, -0.15) is 5.10 Å². The van der Waals surface area contributed by atoms with Crippen LogP contribution in [0.2, 0.25) is 0 Å². The minimum atomic E-state index is 0.471. The molecule has 0 aliphatic carbocycles. The van der Waals surface area contributed by atoms with Crippen LogP contribution in [0.25, 0.3) is 0 Å². The highest BCUT2D eigenvalue weighted by Gasteiger charge is 2.09. The summed E-state index contributed by atoms with van der Waals surface area (Å²) >= 11 is 2.31. The molecule has 0 bridgehead atoms. The third kappa shape index (κ3) is 2.95. The van der Waals surface area contributed by atoms with Crippen molar-refractivity contribution in [2.24, 2.45) is 0 Å². The van der Waals surface area contributed by atoms with Crippen molar-refractivity contribution in [3.8, 4) is 0 Å². The number of nitrogens with zero attached hydrogens (tertiary/aromatic N) is 2. The molecule has 0 aromatic carbocycles. The Labute approximate surface area is 99.0 Å². The molecule has 1 aromatic heterocycles. The second kappa shape index (κ2) is 5.70. The largest absolute Gasteiger partial charge is 0.375 e. The Bertz CT molecular complexity index is 286. The van der Waals surface area contributed by atoms with E-state index in [4.69, 9.17) is 4.74 Å². The minimum Gasteiger partial charge on any atom is -0.375 e. The first kappa shape index (κ1) is 12.0. The molecule has 3 nitrogen and oxygen atoms in total. The molecule has 1 atom stereocenters. The smallest absolute Gasteiger partial charge is 0.101 e. The summed E-state index contributed by atoms with van der Waals surface area (Å²) in [5.41, 5.74) is 1.05. The van der Waals surface area contributed by atoms with Crippen LogP contribution in [0.4, 0.5) is 0 Å². The fourth-order valence-electron chi connectivity index (χ4n) is 1.12. The highest BCUT2D eigenvalue weighted by atomic mass is 127. The molecule has 4 heteroatoms. The number of hydrogen-bond donors (Lipinski definition) is 0. The number of ether oxygens (including phenoxy) is 1. The maximum absolute atomic E-state index is 5.35. The predicted molar refractivity (Wildman–Crippen MR) is 65.3 cm³/mol. The van der Waals surface area contributed by atoms with Crippen LogP contribution in [0.3, 0.4) is 0 Å². The zero-order valence-electron chi connectivity index (χ0n) is 8.96. The summed E-state index contributed by atoms with van der Waals surface area (Å²) in [6.45, 7) is 7.71. The van der Waals surface area contributed by atoms with E-state index in [1.165, 1.54) is 3.57 Å². The molecular weight excluding hydrogens is 291 g/mol. The van der Waals surface area contributed by atoms with Crippen LogP contribution >= 0.6 is 22.6 Å². The van der Waals surface area contributed by atoms with Gasteiger partial charge in [0.1, 0.15) is 5.69 Å². The summed E-state index contributed by atoms with van der Waals surface area (Å²) < 4.78 is 8.56. The molecule has 0 saturated carbocycles. The van der Waals surface area contributed by atoms with E-state index in [9.17, 15) is 0 Å². The Hall–Kier alpha value is -0.100. The Morgan fingerprint density at radius 3 is 2.86 bits per heavy atom. The molecule has 0 unspecified atom stereocenters. The molecular formula is C10H17IN2O. The fraction of sp³-hybridized carbons (Fsp3) is 0.700. The van der Waals surface area contributed by atoms with Gasteiger partial charge in [0.05, 0.1) is 10.2 Å². The van der Waals surface area contributed by atoms with E-state index in [0.29, 0.717) is 12.6 Å². The quantitative estimate of drug-likeness (QED) is 0.782. The molecule has 1 heterocycles. The standard InChI is InChI=1S/C10H17IN2O/c1-4-8(3)13-6-9(11)10(12-13)7-14-5-2/h6,8H,4-5,7H2,1-3H3/t8-/m1/s1. The van der Waals surface area contributed by atoms with Gasteiger partial charge in [-0.05, 0) is 42.9 Å². The van der Waals surface area contributed by atoms with Crippen LogP contribution in [0, 0.1) is 3.57 Å². The molecule has 0 N–H and O–H groups in total. The average molecular weight is 308 g/mol. The lowest BCUT2D eigenvalue weighted by Crippen LogP contribution is -2.05. The second-order valence-electron chi connectivity index (χ2n) is 3.30. The van der Waals surface area contributed by atoms with Gasteiger partial charge in [0.25, 0.3) is 0 Å². The van der Waals surface area contributed by atoms with Crippen molar-refractivity contribution in [3.63, 3.8) is 0 Å². The topological polar surface area (TPSA) is 27.1 Å². The van der Waals surface area contributed by atoms with Crippen LogP contribution in [-0.4, -0.2) is 16.4 Å². The van der Waals surface area contributed by atoms with Gasteiger partial charge >= 0.3 is 0 Å². The normalized spacial score (nSPS) is 13.1. The van der Waals surface area contributed by atoms with Crippen molar-refractivity contribution in [1.82, 2.24) is 9.78 Å². The molecule has 0 fully saturated rings. The molecule has 0 spiro atoms. The monoisotopic (exact) mass is 308 g/mol. The summed E-state index contributed by atoms with van der Waals surface area (Å²) in [5.74, 6) is 0. The third-order valence-electron chi connectivity index (χ3n) is 2.24. The van der Waals surface area contributed by atoms with Crippen molar-refractivity contribution >= 4 is 22.6 Å². The van der Waals surface area contributed by atoms with Gasteiger partial charge in [-0.1, -0.05) is 6.92 Å². The molecule has 0 amide bonds. The highest BCUT2D eigenvalue weighted by molar-refractivity contribution is 14.1. The SMILES string of the molecule is CCOCc1nn([C@H](C)CC)cc1I. The number of halogens is 1. The molecule has 0 aliphatic rings. The van der Waals surface area contributed by atoms with Crippen molar-refractivity contribution in [1.29, 1.82) is 0 Å². The predicted octanol–water partition coefficient (Wildman–Crippen LogP) is 3.00. The number of aromatic nitrogens is 2. The fourth-order valence-corrected chi connectivity index (χ4v) is 1.67. The summed E-state index contributed by atoms with van der Waals surface area (Å²) in [4.78, 5) is 0. The lowest BCUT2D eigenvalue weighted by Gasteiger charge is -2.07. The maximum atomic E-state index is 5.35. The van der Waals surface area contributed by atoms with Crippen molar-refractivity contribution < 1.29 is 4.74 Å². The van der Waals surface area contributed by atoms with Gasteiger partial charge in [0, 0.05) is 18.8 Å². The molecule has 14 heavy (non-hydrogen) atoms.